The second-order valence-corrected chi connectivity index (χ2v) is 4.66. The lowest BCUT2D eigenvalue weighted by Gasteiger charge is -2.00. The molecular formula is C12H10N4O2S. The molecule has 7 heteroatoms. The molecule has 3 aromatic rings. The monoisotopic (exact) mass is 274 g/mol. The normalized spacial score (nSPS) is 10.6. The summed E-state index contributed by atoms with van der Waals surface area (Å²) >= 11 is 1.58. The van der Waals surface area contributed by atoms with Crippen molar-refractivity contribution >= 4 is 23.1 Å². The summed E-state index contributed by atoms with van der Waals surface area (Å²) in [5, 5.41) is 14.4. The molecule has 19 heavy (non-hydrogen) atoms. The first-order chi connectivity index (χ1) is 9.24. The summed E-state index contributed by atoms with van der Waals surface area (Å²) in [5.41, 5.74) is 2.12. The first-order valence-electron chi connectivity index (χ1n) is 5.52. The summed E-state index contributed by atoms with van der Waals surface area (Å²) in [6.45, 7) is 0. The molecular weight excluding hydrogens is 264 g/mol. The van der Waals surface area contributed by atoms with Gasteiger partial charge in [0.1, 0.15) is 11.4 Å². The van der Waals surface area contributed by atoms with E-state index < -0.39 is 0 Å². The van der Waals surface area contributed by atoms with Crippen LogP contribution in [0.5, 0.6) is 0 Å². The molecule has 1 amide bonds. The average Bonchev–Trinajstić information content (AvgIpc) is 3.07. The summed E-state index contributed by atoms with van der Waals surface area (Å²) in [7, 11) is 1.70. The van der Waals surface area contributed by atoms with Gasteiger partial charge in [-0.15, -0.1) is 0 Å². The Kier molecular flexibility index (Phi) is 2.88. The summed E-state index contributed by atoms with van der Waals surface area (Å²) in [6, 6.07) is 5.26. The minimum Gasteiger partial charge on any atom is -0.338 e. The van der Waals surface area contributed by atoms with Gasteiger partial charge in [-0.1, -0.05) is 5.16 Å². The quantitative estimate of drug-likeness (QED) is 0.796. The molecule has 0 unspecified atom stereocenters. The van der Waals surface area contributed by atoms with Crippen LogP contribution >= 0.6 is 11.3 Å². The second kappa shape index (κ2) is 4.69. The van der Waals surface area contributed by atoms with Gasteiger partial charge in [0.05, 0.1) is 0 Å². The summed E-state index contributed by atoms with van der Waals surface area (Å²) in [5.74, 6) is 0.0282. The fourth-order valence-corrected chi connectivity index (χ4v) is 2.30. The SMILES string of the molecule is Cn1nccc1C(=O)Nc1cc(-c2ccsc2)no1. The zero-order valence-corrected chi connectivity index (χ0v) is 10.8. The van der Waals surface area contributed by atoms with Crippen LogP contribution in [0.2, 0.25) is 0 Å². The molecule has 96 valence electrons. The van der Waals surface area contributed by atoms with Crippen LogP contribution in [-0.2, 0) is 7.05 Å². The van der Waals surface area contributed by atoms with Gasteiger partial charge in [-0.25, -0.2) is 0 Å². The van der Waals surface area contributed by atoms with E-state index in [0.717, 1.165) is 5.56 Å². The Morgan fingerprint density at radius 3 is 3.05 bits per heavy atom. The number of nitrogens with one attached hydrogen (secondary N) is 1. The molecule has 0 saturated heterocycles. The molecule has 0 radical (unpaired) electrons. The van der Waals surface area contributed by atoms with Crippen molar-refractivity contribution in [3.8, 4) is 11.3 Å². The van der Waals surface area contributed by atoms with Crippen molar-refractivity contribution in [3.05, 3.63) is 40.8 Å². The van der Waals surface area contributed by atoms with Crippen molar-refractivity contribution in [1.82, 2.24) is 14.9 Å². The van der Waals surface area contributed by atoms with E-state index in [9.17, 15) is 4.79 Å². The zero-order chi connectivity index (χ0) is 13.2. The van der Waals surface area contributed by atoms with E-state index in [2.05, 4.69) is 15.6 Å². The van der Waals surface area contributed by atoms with Crippen LogP contribution in [-0.4, -0.2) is 20.8 Å². The lowest BCUT2D eigenvalue weighted by molar-refractivity contribution is 0.101. The molecule has 6 nitrogen and oxygen atoms in total. The van der Waals surface area contributed by atoms with Crippen LogP contribution in [0.15, 0.2) is 39.7 Å². The number of carbonyl (C=O) groups excluding carboxylic acids is 1. The average molecular weight is 274 g/mol. The van der Waals surface area contributed by atoms with Crippen molar-refractivity contribution in [2.24, 2.45) is 7.05 Å². The predicted molar refractivity (Wildman–Crippen MR) is 71.0 cm³/mol. The maximum Gasteiger partial charge on any atom is 0.276 e. The van der Waals surface area contributed by atoms with Gasteiger partial charge in [-0.3, -0.25) is 14.8 Å². The number of carbonyl (C=O) groups is 1. The van der Waals surface area contributed by atoms with Crippen molar-refractivity contribution < 1.29 is 9.32 Å². The second-order valence-electron chi connectivity index (χ2n) is 3.88. The fraction of sp³-hybridized carbons (Fsp3) is 0.0833. The molecule has 0 bridgehead atoms. The molecule has 0 aromatic carbocycles. The van der Waals surface area contributed by atoms with Crippen molar-refractivity contribution in [3.63, 3.8) is 0 Å². The number of rotatable bonds is 3. The Hall–Kier alpha value is -2.41. The van der Waals surface area contributed by atoms with Gasteiger partial charge >= 0.3 is 0 Å². The first-order valence-corrected chi connectivity index (χ1v) is 6.47. The van der Waals surface area contributed by atoms with Gasteiger partial charge in [0.25, 0.3) is 5.91 Å². The Bertz CT molecular complexity index is 699. The topological polar surface area (TPSA) is 73.0 Å². The Labute approximate surface area is 112 Å². The van der Waals surface area contributed by atoms with Crippen LogP contribution in [0.1, 0.15) is 10.5 Å². The van der Waals surface area contributed by atoms with Crippen LogP contribution in [0, 0.1) is 0 Å². The Morgan fingerprint density at radius 1 is 1.47 bits per heavy atom. The molecule has 0 aliphatic heterocycles. The number of hydrogen-bond acceptors (Lipinski definition) is 5. The van der Waals surface area contributed by atoms with Crippen molar-refractivity contribution in [1.29, 1.82) is 0 Å². The highest BCUT2D eigenvalue weighted by Gasteiger charge is 2.13. The van der Waals surface area contributed by atoms with Crippen LogP contribution in [0.4, 0.5) is 5.88 Å². The highest BCUT2D eigenvalue weighted by Crippen LogP contribution is 2.23. The molecule has 0 spiro atoms. The van der Waals surface area contributed by atoms with E-state index in [4.69, 9.17) is 4.52 Å². The van der Waals surface area contributed by atoms with Gasteiger partial charge in [0.2, 0.25) is 5.88 Å². The van der Waals surface area contributed by atoms with Crippen LogP contribution in [0.3, 0.4) is 0 Å². The smallest absolute Gasteiger partial charge is 0.276 e. The van der Waals surface area contributed by atoms with E-state index in [1.54, 1.807) is 36.7 Å². The number of nitrogens with zero attached hydrogens (tertiary/aromatic N) is 3. The number of aryl methyl sites for hydroxylation is 1. The predicted octanol–water partition coefficient (Wildman–Crippen LogP) is 2.39. The molecule has 3 heterocycles. The standard InChI is InChI=1S/C12H10N4O2S/c1-16-10(2-4-13-16)12(17)14-11-6-9(15-18-11)8-3-5-19-7-8/h2-7H,1H3,(H,14,17). The van der Waals surface area contributed by atoms with E-state index in [1.807, 2.05) is 16.8 Å². The molecule has 0 saturated carbocycles. The van der Waals surface area contributed by atoms with Crippen molar-refractivity contribution in [2.75, 3.05) is 5.32 Å². The molecule has 3 aromatic heterocycles. The molecule has 0 atom stereocenters. The highest BCUT2D eigenvalue weighted by atomic mass is 32.1. The summed E-state index contributed by atoms with van der Waals surface area (Å²) in [6.07, 6.45) is 1.56. The minimum atomic E-state index is -0.284. The number of amides is 1. The number of hydrogen-bond donors (Lipinski definition) is 1. The molecule has 0 aliphatic rings. The van der Waals surface area contributed by atoms with Crippen LogP contribution < -0.4 is 5.32 Å². The lowest BCUT2D eigenvalue weighted by atomic mass is 10.2. The molecule has 1 N–H and O–H groups in total. The number of thiophene rings is 1. The van der Waals surface area contributed by atoms with E-state index in [1.165, 1.54) is 4.68 Å². The maximum atomic E-state index is 11.9. The molecule has 0 fully saturated rings. The third-order valence-electron chi connectivity index (χ3n) is 2.62. The summed E-state index contributed by atoms with van der Waals surface area (Å²) < 4.78 is 6.58. The van der Waals surface area contributed by atoms with E-state index in [-0.39, 0.29) is 5.91 Å². The highest BCUT2D eigenvalue weighted by molar-refractivity contribution is 7.08. The van der Waals surface area contributed by atoms with Gasteiger partial charge in [-0.2, -0.15) is 16.4 Å². The zero-order valence-electron chi connectivity index (χ0n) is 10.0. The molecule has 3 rings (SSSR count). The maximum absolute atomic E-state index is 11.9. The van der Waals surface area contributed by atoms with Gasteiger partial charge in [0.15, 0.2) is 0 Å². The van der Waals surface area contributed by atoms with Crippen LogP contribution in [0.25, 0.3) is 11.3 Å². The minimum absolute atomic E-state index is 0.284. The van der Waals surface area contributed by atoms with Crippen molar-refractivity contribution in [2.45, 2.75) is 0 Å². The van der Waals surface area contributed by atoms with Gasteiger partial charge < -0.3 is 4.52 Å². The van der Waals surface area contributed by atoms with Gasteiger partial charge in [0, 0.05) is 30.3 Å². The molecule has 0 aliphatic carbocycles. The number of aromatic nitrogens is 3. The largest absolute Gasteiger partial charge is 0.338 e. The fourth-order valence-electron chi connectivity index (χ4n) is 1.65. The first kappa shape index (κ1) is 11.7. The number of anilines is 1. The third-order valence-corrected chi connectivity index (χ3v) is 3.30. The lowest BCUT2D eigenvalue weighted by Crippen LogP contribution is -2.15. The Morgan fingerprint density at radius 2 is 2.37 bits per heavy atom. The van der Waals surface area contributed by atoms with Gasteiger partial charge in [-0.05, 0) is 17.5 Å². The Balaban J connectivity index is 1.78. The summed E-state index contributed by atoms with van der Waals surface area (Å²) in [4.78, 5) is 11.9. The van der Waals surface area contributed by atoms with E-state index in [0.29, 0.717) is 17.3 Å². The third kappa shape index (κ3) is 2.27. The van der Waals surface area contributed by atoms with E-state index >= 15 is 0 Å².